The Kier molecular flexibility index (Phi) is 7.20. The molecule has 0 radical (unpaired) electrons. The van der Waals surface area contributed by atoms with Crippen LogP contribution in [-0.4, -0.2) is 35.2 Å². The third-order valence-electron chi connectivity index (χ3n) is 2.81. The molecule has 0 bridgehead atoms. The Balaban J connectivity index is 4.08. The summed E-state index contributed by atoms with van der Waals surface area (Å²) in [5.74, 6) is 0. The molecule has 0 aromatic heterocycles. The molecule has 0 atom stereocenters. The number of unbranched alkanes of at least 4 members (excludes halogenated alkanes) is 2. The summed E-state index contributed by atoms with van der Waals surface area (Å²) >= 11 is 0. The van der Waals surface area contributed by atoms with E-state index in [0.29, 0.717) is 0 Å². The van der Waals surface area contributed by atoms with Gasteiger partial charge in [-0.1, -0.05) is 26.7 Å². The summed E-state index contributed by atoms with van der Waals surface area (Å²) in [4.78, 5) is 2.42. The third kappa shape index (κ3) is 4.97. The Labute approximate surface area is 89.3 Å². The first-order chi connectivity index (χ1) is 6.58. The van der Waals surface area contributed by atoms with Gasteiger partial charge in [-0.3, -0.25) is 4.90 Å². The molecule has 0 rings (SSSR count). The van der Waals surface area contributed by atoms with Crippen LogP contribution < -0.4 is 0 Å². The van der Waals surface area contributed by atoms with Crippen LogP contribution in [0.2, 0.25) is 0 Å². The largest absolute Gasteiger partial charge is 0.394 e. The van der Waals surface area contributed by atoms with Crippen LogP contribution >= 0.6 is 0 Å². The van der Waals surface area contributed by atoms with Crippen molar-refractivity contribution in [2.75, 3.05) is 19.7 Å². The lowest BCUT2D eigenvalue weighted by Gasteiger charge is -2.37. The van der Waals surface area contributed by atoms with Gasteiger partial charge in [-0.05, 0) is 39.8 Å². The van der Waals surface area contributed by atoms with Gasteiger partial charge in [-0.15, -0.1) is 0 Å². The highest BCUT2D eigenvalue weighted by Crippen LogP contribution is 2.15. The molecule has 0 saturated heterocycles. The fraction of sp³-hybridized carbons (Fsp3) is 1.00. The highest BCUT2D eigenvalue weighted by molar-refractivity contribution is 4.80. The van der Waals surface area contributed by atoms with Crippen molar-refractivity contribution in [2.24, 2.45) is 0 Å². The van der Waals surface area contributed by atoms with Gasteiger partial charge >= 0.3 is 0 Å². The first kappa shape index (κ1) is 13.9. The fourth-order valence-corrected chi connectivity index (χ4v) is 1.52. The lowest BCUT2D eigenvalue weighted by molar-refractivity contribution is 0.0547. The number of rotatable bonds is 8. The summed E-state index contributed by atoms with van der Waals surface area (Å²) < 4.78 is 0. The van der Waals surface area contributed by atoms with E-state index in [1.165, 1.54) is 25.7 Å². The predicted molar refractivity (Wildman–Crippen MR) is 62.6 cm³/mol. The summed E-state index contributed by atoms with van der Waals surface area (Å²) in [5.41, 5.74) is -0.0513. The summed E-state index contributed by atoms with van der Waals surface area (Å²) in [6, 6.07) is 0. The molecule has 0 saturated carbocycles. The molecule has 0 fully saturated rings. The molecule has 2 heteroatoms. The minimum atomic E-state index is -0.0513. The van der Waals surface area contributed by atoms with Crippen LogP contribution in [0.1, 0.15) is 53.4 Å². The zero-order chi connectivity index (χ0) is 11.0. The van der Waals surface area contributed by atoms with Crippen LogP contribution in [0.5, 0.6) is 0 Å². The van der Waals surface area contributed by atoms with Crippen molar-refractivity contribution < 1.29 is 5.11 Å². The minimum Gasteiger partial charge on any atom is -0.394 e. The Hall–Kier alpha value is -0.0800. The second-order valence-electron chi connectivity index (χ2n) is 4.66. The van der Waals surface area contributed by atoms with Gasteiger partial charge in [-0.2, -0.15) is 0 Å². The molecule has 0 unspecified atom stereocenters. The van der Waals surface area contributed by atoms with Crippen molar-refractivity contribution in [1.82, 2.24) is 4.90 Å². The molecule has 0 spiro atoms. The van der Waals surface area contributed by atoms with Crippen LogP contribution in [0.25, 0.3) is 0 Å². The van der Waals surface area contributed by atoms with Gasteiger partial charge < -0.3 is 5.11 Å². The number of hydrogen-bond acceptors (Lipinski definition) is 2. The fourth-order valence-electron chi connectivity index (χ4n) is 1.52. The predicted octanol–water partition coefficient (Wildman–Crippen LogP) is 2.66. The molecule has 0 heterocycles. The molecule has 0 aliphatic rings. The summed E-state index contributed by atoms with van der Waals surface area (Å²) in [5, 5.41) is 9.32. The zero-order valence-electron chi connectivity index (χ0n) is 10.3. The van der Waals surface area contributed by atoms with Gasteiger partial charge in [0.25, 0.3) is 0 Å². The summed E-state index contributed by atoms with van der Waals surface area (Å²) in [6.07, 6.45) is 4.91. The Morgan fingerprint density at radius 2 is 1.43 bits per heavy atom. The van der Waals surface area contributed by atoms with Crippen LogP contribution in [0.15, 0.2) is 0 Å². The van der Waals surface area contributed by atoms with Crippen LogP contribution in [0, 0.1) is 0 Å². The van der Waals surface area contributed by atoms with Gasteiger partial charge in [0.05, 0.1) is 6.61 Å². The molecular formula is C12H27NO. The van der Waals surface area contributed by atoms with E-state index < -0.39 is 0 Å². The molecule has 1 N–H and O–H groups in total. The molecule has 0 aliphatic heterocycles. The SMILES string of the molecule is CCCCN(CCCC)C(C)(C)CO. The maximum atomic E-state index is 9.32. The van der Waals surface area contributed by atoms with E-state index in [2.05, 4.69) is 32.6 Å². The van der Waals surface area contributed by atoms with E-state index in [4.69, 9.17) is 0 Å². The third-order valence-corrected chi connectivity index (χ3v) is 2.81. The van der Waals surface area contributed by atoms with Gasteiger partial charge in [-0.25, -0.2) is 0 Å². The smallest absolute Gasteiger partial charge is 0.0610 e. The Bertz CT molecular complexity index is 126. The van der Waals surface area contributed by atoms with Gasteiger partial charge in [0.1, 0.15) is 0 Å². The van der Waals surface area contributed by atoms with E-state index in [-0.39, 0.29) is 12.1 Å². The lowest BCUT2D eigenvalue weighted by Crippen LogP contribution is -2.47. The molecule has 0 aromatic rings. The number of aliphatic hydroxyl groups excluding tert-OH is 1. The molecule has 0 aliphatic carbocycles. The molecular weight excluding hydrogens is 174 g/mol. The van der Waals surface area contributed by atoms with Crippen molar-refractivity contribution in [1.29, 1.82) is 0 Å². The normalized spacial score (nSPS) is 12.4. The maximum Gasteiger partial charge on any atom is 0.0610 e. The molecule has 2 nitrogen and oxygen atoms in total. The molecule has 0 aromatic carbocycles. The zero-order valence-corrected chi connectivity index (χ0v) is 10.3. The Morgan fingerprint density at radius 1 is 1.00 bits per heavy atom. The van der Waals surface area contributed by atoms with Crippen molar-refractivity contribution in [3.63, 3.8) is 0 Å². The van der Waals surface area contributed by atoms with E-state index in [0.717, 1.165) is 13.1 Å². The van der Waals surface area contributed by atoms with Crippen molar-refractivity contribution in [3.8, 4) is 0 Å². The van der Waals surface area contributed by atoms with Crippen LogP contribution in [0.3, 0.4) is 0 Å². The average Bonchev–Trinajstić information content (AvgIpc) is 2.17. The first-order valence-electron chi connectivity index (χ1n) is 5.94. The van der Waals surface area contributed by atoms with Crippen LogP contribution in [0.4, 0.5) is 0 Å². The highest BCUT2D eigenvalue weighted by atomic mass is 16.3. The quantitative estimate of drug-likeness (QED) is 0.652. The molecule has 14 heavy (non-hydrogen) atoms. The number of aliphatic hydroxyl groups is 1. The number of nitrogens with zero attached hydrogens (tertiary/aromatic N) is 1. The number of hydrogen-bond donors (Lipinski definition) is 1. The van der Waals surface area contributed by atoms with E-state index in [1.807, 2.05) is 0 Å². The van der Waals surface area contributed by atoms with Crippen molar-refractivity contribution >= 4 is 0 Å². The van der Waals surface area contributed by atoms with Crippen LogP contribution in [-0.2, 0) is 0 Å². The summed E-state index contributed by atoms with van der Waals surface area (Å²) in [7, 11) is 0. The summed E-state index contributed by atoms with van der Waals surface area (Å²) in [6.45, 7) is 11.2. The standard InChI is InChI=1S/C12H27NO/c1-5-7-9-13(10-8-6-2)12(3,4)11-14/h14H,5-11H2,1-4H3. The minimum absolute atomic E-state index is 0.0513. The average molecular weight is 201 g/mol. The van der Waals surface area contributed by atoms with Gasteiger partial charge in [0.2, 0.25) is 0 Å². The van der Waals surface area contributed by atoms with E-state index in [9.17, 15) is 5.11 Å². The second kappa shape index (κ2) is 7.24. The van der Waals surface area contributed by atoms with Gasteiger partial charge in [0.15, 0.2) is 0 Å². The van der Waals surface area contributed by atoms with Gasteiger partial charge in [0, 0.05) is 5.54 Å². The van der Waals surface area contributed by atoms with Crippen molar-refractivity contribution in [3.05, 3.63) is 0 Å². The molecule has 0 amide bonds. The second-order valence-corrected chi connectivity index (χ2v) is 4.66. The highest BCUT2D eigenvalue weighted by Gasteiger charge is 2.24. The Morgan fingerprint density at radius 3 is 1.71 bits per heavy atom. The van der Waals surface area contributed by atoms with E-state index >= 15 is 0 Å². The molecule has 86 valence electrons. The van der Waals surface area contributed by atoms with E-state index in [1.54, 1.807) is 0 Å². The monoisotopic (exact) mass is 201 g/mol. The first-order valence-corrected chi connectivity index (χ1v) is 5.94. The lowest BCUT2D eigenvalue weighted by atomic mass is 10.0. The maximum absolute atomic E-state index is 9.32. The topological polar surface area (TPSA) is 23.5 Å². The van der Waals surface area contributed by atoms with Crippen molar-refractivity contribution in [2.45, 2.75) is 58.9 Å².